The maximum atomic E-state index is 12.8. The van der Waals surface area contributed by atoms with Crippen molar-refractivity contribution in [3.05, 3.63) is 88.6 Å². The highest BCUT2D eigenvalue weighted by molar-refractivity contribution is 7.13. The second kappa shape index (κ2) is 8.97. The molecule has 0 saturated heterocycles. The lowest BCUT2D eigenvalue weighted by Crippen LogP contribution is -2.19. The van der Waals surface area contributed by atoms with Crippen molar-refractivity contribution in [2.24, 2.45) is 0 Å². The van der Waals surface area contributed by atoms with E-state index in [1.807, 2.05) is 48.7 Å². The molecular weight excluding hydrogens is 410 g/mol. The number of carbonyl (C=O) groups excluding carboxylic acids is 2. The minimum Gasteiger partial charge on any atom is -0.440 e. The van der Waals surface area contributed by atoms with Crippen LogP contribution in [-0.2, 0) is 11.2 Å². The fourth-order valence-electron chi connectivity index (χ4n) is 3.16. The number of anilines is 2. The second-order valence-electron chi connectivity index (χ2n) is 7.09. The van der Waals surface area contributed by atoms with Crippen LogP contribution in [0, 0.1) is 13.8 Å². The van der Waals surface area contributed by atoms with Crippen LogP contribution in [0.5, 0.6) is 0 Å². The van der Waals surface area contributed by atoms with Crippen LogP contribution in [0.25, 0.3) is 10.8 Å². The Hall–Kier alpha value is -3.71. The molecule has 0 saturated carbocycles. The molecule has 0 fully saturated rings. The number of nitrogens with zero attached hydrogens (tertiary/aromatic N) is 1. The van der Waals surface area contributed by atoms with Crippen molar-refractivity contribution in [3.63, 3.8) is 0 Å². The fraction of sp³-hybridized carbons (Fsp3) is 0.125. The van der Waals surface area contributed by atoms with Gasteiger partial charge in [-0.2, -0.15) is 0 Å². The lowest BCUT2D eigenvalue weighted by atomic mass is 10.1. The summed E-state index contributed by atoms with van der Waals surface area (Å²) < 4.78 is 5.70. The first kappa shape index (κ1) is 20.6. The average molecular weight is 432 g/mol. The first-order chi connectivity index (χ1) is 15.0. The summed E-state index contributed by atoms with van der Waals surface area (Å²) in [6, 6.07) is 18.3. The Morgan fingerprint density at radius 1 is 1.00 bits per heavy atom. The van der Waals surface area contributed by atoms with Crippen molar-refractivity contribution in [3.8, 4) is 10.8 Å². The van der Waals surface area contributed by atoms with Gasteiger partial charge < -0.3 is 15.1 Å². The van der Waals surface area contributed by atoms with E-state index in [1.165, 1.54) is 11.3 Å². The lowest BCUT2D eigenvalue weighted by Gasteiger charge is -2.11. The lowest BCUT2D eigenvalue weighted by molar-refractivity contribution is -0.115. The fourth-order valence-corrected chi connectivity index (χ4v) is 3.80. The summed E-state index contributed by atoms with van der Waals surface area (Å²) in [5, 5.41) is 7.65. The zero-order valence-electron chi connectivity index (χ0n) is 17.1. The largest absolute Gasteiger partial charge is 0.440 e. The first-order valence-corrected chi connectivity index (χ1v) is 10.6. The first-order valence-electron chi connectivity index (χ1n) is 9.76. The normalized spacial score (nSPS) is 10.6. The van der Waals surface area contributed by atoms with Crippen molar-refractivity contribution >= 4 is 34.5 Å². The van der Waals surface area contributed by atoms with E-state index < -0.39 is 0 Å². The SMILES string of the molecule is Cc1cccc(NC(=O)c2ccccc2NC(=O)Cc2nc(-c3cccs3)oc2C)c1. The van der Waals surface area contributed by atoms with Gasteiger partial charge in [0.2, 0.25) is 11.8 Å². The Balaban J connectivity index is 1.47. The summed E-state index contributed by atoms with van der Waals surface area (Å²) in [5.41, 5.74) is 3.14. The number of carbonyl (C=O) groups is 2. The summed E-state index contributed by atoms with van der Waals surface area (Å²) >= 11 is 1.52. The molecule has 2 aromatic carbocycles. The number of aromatic nitrogens is 1. The molecule has 0 bridgehead atoms. The molecule has 2 amide bonds. The molecule has 0 aliphatic rings. The van der Waals surface area contributed by atoms with Crippen LogP contribution in [0.15, 0.2) is 70.5 Å². The summed E-state index contributed by atoms with van der Waals surface area (Å²) in [5.74, 6) is 0.543. The Kier molecular flexibility index (Phi) is 5.95. The Bertz CT molecular complexity index is 1230. The van der Waals surface area contributed by atoms with Crippen LogP contribution < -0.4 is 10.6 Å². The number of nitrogens with one attached hydrogen (secondary N) is 2. The van der Waals surface area contributed by atoms with Crippen molar-refractivity contribution in [2.75, 3.05) is 10.6 Å². The zero-order valence-corrected chi connectivity index (χ0v) is 18.0. The number of amides is 2. The summed E-state index contributed by atoms with van der Waals surface area (Å²) in [6.07, 6.45) is 0.0501. The maximum Gasteiger partial charge on any atom is 0.257 e. The number of hydrogen-bond acceptors (Lipinski definition) is 5. The predicted molar refractivity (Wildman–Crippen MR) is 122 cm³/mol. The molecular formula is C24H21N3O3S. The van der Waals surface area contributed by atoms with Crippen LogP contribution in [-0.4, -0.2) is 16.8 Å². The third-order valence-corrected chi connectivity index (χ3v) is 5.53. The van der Waals surface area contributed by atoms with E-state index in [4.69, 9.17) is 4.42 Å². The van der Waals surface area contributed by atoms with Crippen LogP contribution in [0.3, 0.4) is 0 Å². The van der Waals surface area contributed by atoms with E-state index >= 15 is 0 Å². The molecule has 0 spiro atoms. The van der Waals surface area contributed by atoms with Gasteiger partial charge in [0.1, 0.15) is 5.76 Å². The highest BCUT2D eigenvalue weighted by Crippen LogP contribution is 2.26. The number of thiophene rings is 1. The van der Waals surface area contributed by atoms with Gasteiger partial charge in [0.15, 0.2) is 0 Å². The maximum absolute atomic E-state index is 12.8. The third-order valence-electron chi connectivity index (χ3n) is 4.67. The van der Waals surface area contributed by atoms with Crippen LogP contribution >= 0.6 is 11.3 Å². The summed E-state index contributed by atoms with van der Waals surface area (Å²) in [6.45, 7) is 3.75. The van der Waals surface area contributed by atoms with E-state index in [0.717, 1.165) is 10.4 Å². The minimum atomic E-state index is -0.293. The molecule has 2 heterocycles. The molecule has 2 aromatic heterocycles. The average Bonchev–Trinajstić information content (AvgIpc) is 3.39. The summed E-state index contributed by atoms with van der Waals surface area (Å²) in [7, 11) is 0. The van der Waals surface area contributed by atoms with E-state index in [2.05, 4.69) is 15.6 Å². The van der Waals surface area contributed by atoms with Gasteiger partial charge >= 0.3 is 0 Å². The minimum absolute atomic E-state index is 0.0501. The van der Waals surface area contributed by atoms with Gasteiger partial charge in [-0.25, -0.2) is 4.98 Å². The van der Waals surface area contributed by atoms with Crippen molar-refractivity contribution < 1.29 is 14.0 Å². The number of hydrogen-bond donors (Lipinski definition) is 2. The standard InChI is InChI=1S/C24H21N3O3S/c1-15-7-5-8-17(13-15)25-23(29)18-9-3-4-10-19(18)26-22(28)14-20-16(2)30-24(27-20)21-11-6-12-31-21/h3-13H,14H2,1-2H3,(H,25,29)(H,26,28). The topological polar surface area (TPSA) is 84.2 Å². The van der Waals surface area contributed by atoms with Crippen molar-refractivity contribution in [1.29, 1.82) is 0 Å². The number of aryl methyl sites for hydroxylation is 2. The van der Waals surface area contributed by atoms with Gasteiger partial charge in [-0.15, -0.1) is 11.3 Å². The molecule has 4 aromatic rings. The van der Waals surface area contributed by atoms with Crippen molar-refractivity contribution in [2.45, 2.75) is 20.3 Å². The number of para-hydroxylation sites is 1. The van der Waals surface area contributed by atoms with E-state index in [1.54, 1.807) is 31.2 Å². The number of oxazole rings is 1. The van der Waals surface area contributed by atoms with E-state index in [0.29, 0.717) is 34.3 Å². The number of benzene rings is 2. The molecule has 6 nitrogen and oxygen atoms in total. The smallest absolute Gasteiger partial charge is 0.257 e. The molecule has 0 aliphatic carbocycles. The molecule has 0 aliphatic heterocycles. The molecule has 0 atom stereocenters. The van der Waals surface area contributed by atoms with Gasteiger partial charge in [-0.05, 0) is 55.1 Å². The predicted octanol–water partition coefficient (Wildman–Crippen LogP) is 5.45. The molecule has 31 heavy (non-hydrogen) atoms. The Morgan fingerprint density at radius 2 is 1.84 bits per heavy atom. The van der Waals surface area contributed by atoms with Crippen LogP contribution in [0.2, 0.25) is 0 Å². The highest BCUT2D eigenvalue weighted by Gasteiger charge is 2.18. The van der Waals surface area contributed by atoms with Crippen LogP contribution in [0.4, 0.5) is 11.4 Å². The highest BCUT2D eigenvalue weighted by atomic mass is 32.1. The third kappa shape index (κ3) is 4.90. The molecule has 7 heteroatoms. The molecule has 0 radical (unpaired) electrons. The van der Waals surface area contributed by atoms with Gasteiger partial charge in [0, 0.05) is 5.69 Å². The van der Waals surface area contributed by atoms with Gasteiger partial charge in [-0.1, -0.05) is 30.3 Å². The Labute approximate surface area is 184 Å². The van der Waals surface area contributed by atoms with E-state index in [9.17, 15) is 9.59 Å². The summed E-state index contributed by atoms with van der Waals surface area (Å²) in [4.78, 5) is 30.8. The van der Waals surface area contributed by atoms with Gasteiger partial charge in [0.05, 0.1) is 28.2 Å². The van der Waals surface area contributed by atoms with Crippen molar-refractivity contribution in [1.82, 2.24) is 4.98 Å². The molecule has 156 valence electrons. The molecule has 4 rings (SSSR count). The monoisotopic (exact) mass is 431 g/mol. The second-order valence-corrected chi connectivity index (χ2v) is 8.04. The quantitative estimate of drug-likeness (QED) is 0.425. The van der Waals surface area contributed by atoms with Gasteiger partial charge in [0.25, 0.3) is 5.91 Å². The molecule has 2 N–H and O–H groups in total. The molecule has 0 unspecified atom stereocenters. The van der Waals surface area contributed by atoms with Gasteiger partial charge in [-0.3, -0.25) is 9.59 Å². The Morgan fingerprint density at radius 3 is 2.61 bits per heavy atom. The number of rotatable bonds is 6. The van der Waals surface area contributed by atoms with E-state index in [-0.39, 0.29) is 18.2 Å². The zero-order chi connectivity index (χ0) is 21.8. The van der Waals surface area contributed by atoms with Crippen LogP contribution in [0.1, 0.15) is 27.4 Å².